The van der Waals surface area contributed by atoms with E-state index in [9.17, 15) is 14.4 Å². The van der Waals surface area contributed by atoms with Gasteiger partial charge in [0.1, 0.15) is 17.1 Å². The molecule has 0 aliphatic carbocycles. The van der Waals surface area contributed by atoms with Crippen LogP contribution < -0.4 is 16.4 Å². The smallest absolute Gasteiger partial charge is 0.325 e. The van der Waals surface area contributed by atoms with Crippen LogP contribution >= 0.6 is 11.3 Å². The number of nitrogens with one attached hydrogen (secondary N) is 2. The van der Waals surface area contributed by atoms with Crippen LogP contribution in [0.25, 0.3) is 10.4 Å². The van der Waals surface area contributed by atoms with Crippen LogP contribution in [0.3, 0.4) is 0 Å². The number of carboxylic acid groups (broad SMARTS) is 1. The SMILES string of the molecule is C[C@H](NC(=O)[C@H](C)Nc1sc(-c2ccccc2)cc1C(N)=O)C(=O)O. The summed E-state index contributed by atoms with van der Waals surface area (Å²) in [5.74, 6) is -2.21. The van der Waals surface area contributed by atoms with Gasteiger partial charge < -0.3 is 21.5 Å². The number of thiophene rings is 1. The largest absolute Gasteiger partial charge is 0.480 e. The molecule has 2 aromatic rings. The van der Waals surface area contributed by atoms with E-state index < -0.39 is 29.9 Å². The molecule has 5 N–H and O–H groups in total. The zero-order chi connectivity index (χ0) is 18.6. The summed E-state index contributed by atoms with van der Waals surface area (Å²) in [6.45, 7) is 2.96. The molecule has 7 nitrogen and oxygen atoms in total. The minimum Gasteiger partial charge on any atom is -0.480 e. The van der Waals surface area contributed by atoms with E-state index in [0.29, 0.717) is 5.00 Å². The lowest BCUT2D eigenvalue weighted by atomic mass is 10.1. The number of anilines is 1. The third-order valence-corrected chi connectivity index (χ3v) is 4.64. The number of aliphatic carboxylic acids is 1. The third-order valence-electron chi connectivity index (χ3n) is 3.53. The first kappa shape index (κ1) is 18.5. The molecule has 1 aromatic carbocycles. The summed E-state index contributed by atoms with van der Waals surface area (Å²) in [5.41, 5.74) is 6.64. The van der Waals surface area contributed by atoms with Gasteiger partial charge in [-0.2, -0.15) is 0 Å². The van der Waals surface area contributed by atoms with Crippen molar-refractivity contribution < 1.29 is 19.5 Å². The van der Waals surface area contributed by atoms with E-state index in [4.69, 9.17) is 10.8 Å². The van der Waals surface area contributed by atoms with Gasteiger partial charge >= 0.3 is 5.97 Å². The van der Waals surface area contributed by atoms with E-state index in [1.54, 1.807) is 13.0 Å². The Kier molecular flexibility index (Phi) is 5.76. The Labute approximate surface area is 148 Å². The first-order valence-corrected chi connectivity index (χ1v) is 8.40. The van der Waals surface area contributed by atoms with Crippen LogP contribution in [-0.2, 0) is 9.59 Å². The number of rotatable bonds is 7. The van der Waals surface area contributed by atoms with Crippen molar-refractivity contribution in [2.24, 2.45) is 5.73 Å². The molecular formula is C17H19N3O4S. The number of benzene rings is 1. The van der Waals surface area contributed by atoms with Crippen LogP contribution in [0.15, 0.2) is 36.4 Å². The van der Waals surface area contributed by atoms with E-state index in [0.717, 1.165) is 10.4 Å². The van der Waals surface area contributed by atoms with Crippen molar-refractivity contribution in [1.29, 1.82) is 0 Å². The number of nitrogens with two attached hydrogens (primary N) is 1. The fourth-order valence-electron chi connectivity index (χ4n) is 2.09. The second-order valence-electron chi connectivity index (χ2n) is 5.52. The summed E-state index contributed by atoms with van der Waals surface area (Å²) >= 11 is 1.30. The Bertz CT molecular complexity index is 788. The maximum atomic E-state index is 12.1. The minimum absolute atomic E-state index is 0.287. The molecule has 0 saturated heterocycles. The number of carbonyl (C=O) groups is 3. The summed E-state index contributed by atoms with van der Waals surface area (Å²) in [7, 11) is 0. The standard InChI is InChI=1S/C17H19N3O4S/c1-9(15(22)19-10(2)17(23)24)20-16-12(14(18)21)8-13(25-16)11-6-4-3-5-7-11/h3-10,20H,1-2H3,(H2,18,21)(H,19,22)(H,23,24)/t9-,10-/m0/s1. The van der Waals surface area contributed by atoms with Crippen molar-refractivity contribution >= 4 is 34.1 Å². The molecule has 0 radical (unpaired) electrons. The number of hydrogen-bond donors (Lipinski definition) is 4. The van der Waals surface area contributed by atoms with Crippen molar-refractivity contribution in [3.8, 4) is 10.4 Å². The van der Waals surface area contributed by atoms with Gasteiger partial charge in [-0.1, -0.05) is 30.3 Å². The highest BCUT2D eigenvalue weighted by atomic mass is 32.1. The van der Waals surface area contributed by atoms with Gasteiger partial charge in [-0.15, -0.1) is 11.3 Å². The third kappa shape index (κ3) is 4.57. The van der Waals surface area contributed by atoms with E-state index in [1.165, 1.54) is 18.3 Å². The highest BCUT2D eigenvalue weighted by molar-refractivity contribution is 7.19. The van der Waals surface area contributed by atoms with Gasteiger partial charge in [0.15, 0.2) is 0 Å². The van der Waals surface area contributed by atoms with E-state index in [1.807, 2.05) is 30.3 Å². The molecule has 0 unspecified atom stereocenters. The number of primary amides is 1. The minimum atomic E-state index is -1.12. The normalized spacial score (nSPS) is 12.9. The average molecular weight is 361 g/mol. The van der Waals surface area contributed by atoms with Gasteiger partial charge in [-0.3, -0.25) is 14.4 Å². The lowest BCUT2D eigenvalue weighted by Crippen LogP contribution is -2.45. The molecule has 0 saturated carbocycles. The maximum Gasteiger partial charge on any atom is 0.325 e. The van der Waals surface area contributed by atoms with Crippen LogP contribution in [0.5, 0.6) is 0 Å². The molecule has 0 bridgehead atoms. The van der Waals surface area contributed by atoms with E-state index in [-0.39, 0.29) is 5.56 Å². The Morgan fingerprint density at radius 1 is 1.12 bits per heavy atom. The summed E-state index contributed by atoms with van der Waals surface area (Å²) < 4.78 is 0. The van der Waals surface area contributed by atoms with Crippen LogP contribution in [0.2, 0.25) is 0 Å². The van der Waals surface area contributed by atoms with Gasteiger partial charge in [0, 0.05) is 4.88 Å². The predicted molar refractivity (Wildman–Crippen MR) is 96.6 cm³/mol. The fraction of sp³-hybridized carbons (Fsp3) is 0.235. The second kappa shape index (κ2) is 7.80. The van der Waals surface area contributed by atoms with E-state index >= 15 is 0 Å². The zero-order valence-corrected chi connectivity index (χ0v) is 14.6. The Hall–Kier alpha value is -2.87. The molecule has 0 aliphatic heterocycles. The number of amides is 2. The Morgan fingerprint density at radius 3 is 2.32 bits per heavy atom. The van der Waals surface area contributed by atoms with Crippen LogP contribution in [0, 0.1) is 0 Å². The first-order valence-electron chi connectivity index (χ1n) is 7.58. The van der Waals surface area contributed by atoms with Crippen LogP contribution in [0.1, 0.15) is 24.2 Å². The quantitative estimate of drug-likeness (QED) is 0.600. The summed E-state index contributed by atoms with van der Waals surface area (Å²) in [5, 5.41) is 14.6. The molecule has 2 atom stereocenters. The number of hydrogen-bond acceptors (Lipinski definition) is 5. The first-order chi connectivity index (χ1) is 11.8. The summed E-state index contributed by atoms with van der Waals surface area (Å²) in [6, 6.07) is 9.41. The van der Waals surface area contributed by atoms with Crippen LogP contribution in [-0.4, -0.2) is 35.0 Å². The summed E-state index contributed by atoms with van der Waals surface area (Å²) in [4.78, 5) is 35.4. The molecule has 1 aromatic heterocycles. The highest BCUT2D eigenvalue weighted by Gasteiger charge is 2.22. The Balaban J connectivity index is 2.20. The highest BCUT2D eigenvalue weighted by Crippen LogP contribution is 2.35. The van der Waals surface area contributed by atoms with Gasteiger partial charge in [0.05, 0.1) is 5.56 Å². The fourth-order valence-corrected chi connectivity index (χ4v) is 3.24. The topological polar surface area (TPSA) is 122 Å². The molecule has 8 heteroatoms. The molecule has 0 aliphatic rings. The molecule has 2 rings (SSSR count). The monoisotopic (exact) mass is 361 g/mol. The molecule has 25 heavy (non-hydrogen) atoms. The molecule has 0 spiro atoms. The van der Waals surface area contributed by atoms with Crippen molar-refractivity contribution in [2.75, 3.05) is 5.32 Å². The van der Waals surface area contributed by atoms with Crippen molar-refractivity contribution in [3.63, 3.8) is 0 Å². The lowest BCUT2D eigenvalue weighted by molar-refractivity contribution is -0.141. The lowest BCUT2D eigenvalue weighted by Gasteiger charge is -2.16. The maximum absolute atomic E-state index is 12.1. The zero-order valence-electron chi connectivity index (χ0n) is 13.8. The summed E-state index contributed by atoms with van der Waals surface area (Å²) in [6.07, 6.45) is 0. The number of carbonyl (C=O) groups excluding carboxylic acids is 2. The molecule has 0 fully saturated rings. The average Bonchev–Trinajstić information content (AvgIpc) is 2.99. The van der Waals surface area contributed by atoms with Crippen molar-refractivity contribution in [1.82, 2.24) is 5.32 Å². The van der Waals surface area contributed by atoms with Gasteiger partial charge in [0.2, 0.25) is 5.91 Å². The molecule has 2 amide bonds. The van der Waals surface area contributed by atoms with Gasteiger partial charge in [-0.25, -0.2) is 0 Å². The van der Waals surface area contributed by atoms with Gasteiger partial charge in [0.25, 0.3) is 5.91 Å². The second-order valence-corrected chi connectivity index (χ2v) is 6.57. The van der Waals surface area contributed by atoms with Gasteiger partial charge in [-0.05, 0) is 25.5 Å². The van der Waals surface area contributed by atoms with Crippen LogP contribution in [0.4, 0.5) is 5.00 Å². The Morgan fingerprint density at radius 2 is 1.76 bits per heavy atom. The van der Waals surface area contributed by atoms with Crippen molar-refractivity contribution in [2.45, 2.75) is 25.9 Å². The predicted octanol–water partition coefficient (Wildman–Crippen LogP) is 1.90. The molecule has 1 heterocycles. The molecule has 132 valence electrons. The molecular weight excluding hydrogens is 342 g/mol. The number of carboxylic acids is 1. The van der Waals surface area contributed by atoms with Crippen molar-refractivity contribution in [3.05, 3.63) is 42.0 Å². The van der Waals surface area contributed by atoms with E-state index in [2.05, 4.69) is 10.6 Å².